The Kier molecular flexibility index (Phi) is 2.90. The first-order valence-corrected chi connectivity index (χ1v) is 4.23. The highest BCUT2D eigenvalue weighted by Gasteiger charge is 2.01. The maximum absolute atomic E-state index is 9.38. The molecule has 0 unspecified atom stereocenters. The van der Waals surface area contributed by atoms with Crippen molar-refractivity contribution in [3.05, 3.63) is 24.3 Å². The fraction of sp³-hybridized carbons (Fsp3) is 0.300. The highest BCUT2D eigenvalue weighted by Crippen LogP contribution is 2.25. The topological polar surface area (TPSA) is 58.6 Å². The third-order valence-electron chi connectivity index (χ3n) is 1.72. The summed E-state index contributed by atoms with van der Waals surface area (Å²) < 4.78 is 0. The van der Waals surface area contributed by atoms with E-state index in [9.17, 15) is 5.11 Å². The Hall–Kier alpha value is -1.51. The Labute approximate surface area is 77.9 Å². The van der Waals surface area contributed by atoms with Crippen molar-refractivity contribution in [3.63, 3.8) is 0 Å². The molecule has 0 spiro atoms. The maximum atomic E-state index is 9.38. The van der Waals surface area contributed by atoms with Crippen molar-refractivity contribution in [1.82, 2.24) is 0 Å². The largest absolute Gasteiger partial charge is 0.506 e. The molecule has 1 rings (SSSR count). The van der Waals surface area contributed by atoms with Crippen LogP contribution in [0, 0.1) is 5.92 Å². The zero-order chi connectivity index (χ0) is 9.84. The summed E-state index contributed by atoms with van der Waals surface area (Å²) in [6, 6.07) is 6.88. The van der Waals surface area contributed by atoms with E-state index in [0.717, 1.165) is 0 Å². The van der Waals surface area contributed by atoms with Gasteiger partial charge in [0.05, 0.1) is 0 Å². The minimum atomic E-state index is 0.158. The molecular weight excluding hydrogens is 164 g/mol. The van der Waals surface area contributed by atoms with Gasteiger partial charge in [0.15, 0.2) is 0 Å². The Morgan fingerprint density at radius 1 is 1.38 bits per heavy atom. The van der Waals surface area contributed by atoms with Crippen LogP contribution in [0.2, 0.25) is 0 Å². The lowest BCUT2D eigenvalue weighted by Crippen LogP contribution is -2.17. The van der Waals surface area contributed by atoms with E-state index in [1.165, 1.54) is 0 Å². The standard InChI is InChI=1S/C10H14N2O/c1-7(2)10(11)12-8-5-3-4-6-9(8)13/h3-7,13H,1-2H3,(H2,11,12). The van der Waals surface area contributed by atoms with Gasteiger partial charge in [-0.3, -0.25) is 0 Å². The van der Waals surface area contributed by atoms with Crippen LogP contribution in [0.15, 0.2) is 29.3 Å². The molecule has 0 heterocycles. The molecule has 0 aliphatic carbocycles. The van der Waals surface area contributed by atoms with Crippen LogP contribution in [0.4, 0.5) is 5.69 Å². The average molecular weight is 178 g/mol. The van der Waals surface area contributed by atoms with Gasteiger partial charge in [0.2, 0.25) is 0 Å². The van der Waals surface area contributed by atoms with Crippen molar-refractivity contribution >= 4 is 11.5 Å². The summed E-state index contributed by atoms with van der Waals surface area (Å²) in [7, 11) is 0. The molecule has 0 atom stereocenters. The third-order valence-corrected chi connectivity index (χ3v) is 1.72. The number of aliphatic imine (C=N–C) groups is 1. The van der Waals surface area contributed by atoms with Gasteiger partial charge in [-0.05, 0) is 12.1 Å². The lowest BCUT2D eigenvalue weighted by Gasteiger charge is -2.04. The quantitative estimate of drug-likeness (QED) is 0.537. The number of hydrogen-bond acceptors (Lipinski definition) is 2. The van der Waals surface area contributed by atoms with Crippen molar-refractivity contribution in [3.8, 4) is 5.75 Å². The summed E-state index contributed by atoms with van der Waals surface area (Å²) in [5.74, 6) is 0.882. The molecular formula is C10H14N2O. The molecule has 0 saturated carbocycles. The van der Waals surface area contributed by atoms with Gasteiger partial charge in [0.25, 0.3) is 0 Å². The van der Waals surface area contributed by atoms with E-state index in [0.29, 0.717) is 11.5 Å². The summed E-state index contributed by atoms with van der Waals surface area (Å²) in [5, 5.41) is 9.38. The summed E-state index contributed by atoms with van der Waals surface area (Å²) in [5.41, 5.74) is 6.18. The summed E-state index contributed by atoms with van der Waals surface area (Å²) in [6.07, 6.45) is 0. The Morgan fingerprint density at radius 3 is 2.54 bits per heavy atom. The van der Waals surface area contributed by atoms with E-state index in [4.69, 9.17) is 5.73 Å². The zero-order valence-corrected chi connectivity index (χ0v) is 7.86. The number of amidine groups is 1. The second-order valence-corrected chi connectivity index (χ2v) is 3.18. The molecule has 0 radical (unpaired) electrons. The average Bonchev–Trinajstić information content (AvgIpc) is 2.08. The molecule has 3 heteroatoms. The van der Waals surface area contributed by atoms with Crippen molar-refractivity contribution in [2.75, 3.05) is 0 Å². The van der Waals surface area contributed by atoms with E-state index in [-0.39, 0.29) is 11.7 Å². The molecule has 1 aromatic carbocycles. The van der Waals surface area contributed by atoms with Crippen LogP contribution in [-0.4, -0.2) is 10.9 Å². The smallest absolute Gasteiger partial charge is 0.141 e. The molecule has 1 aromatic rings. The summed E-state index contributed by atoms with van der Waals surface area (Å²) >= 11 is 0. The highest BCUT2D eigenvalue weighted by molar-refractivity contribution is 5.85. The van der Waals surface area contributed by atoms with Gasteiger partial charge in [-0.1, -0.05) is 26.0 Å². The number of nitrogens with two attached hydrogens (primary N) is 1. The van der Waals surface area contributed by atoms with E-state index in [2.05, 4.69) is 4.99 Å². The Bertz CT molecular complexity index is 318. The molecule has 70 valence electrons. The molecule has 3 N–H and O–H groups in total. The van der Waals surface area contributed by atoms with Crippen molar-refractivity contribution in [1.29, 1.82) is 0 Å². The number of rotatable bonds is 2. The molecule has 0 saturated heterocycles. The molecule has 0 aliphatic heterocycles. The Morgan fingerprint density at radius 2 is 2.00 bits per heavy atom. The van der Waals surface area contributed by atoms with Gasteiger partial charge < -0.3 is 10.8 Å². The molecule has 0 amide bonds. The van der Waals surface area contributed by atoms with Gasteiger partial charge in [-0.15, -0.1) is 0 Å². The van der Waals surface area contributed by atoms with Crippen LogP contribution in [0.25, 0.3) is 0 Å². The van der Waals surface area contributed by atoms with Gasteiger partial charge in [0.1, 0.15) is 17.3 Å². The molecule has 0 bridgehead atoms. The number of phenolic OH excluding ortho intramolecular Hbond substituents is 1. The number of para-hydroxylation sites is 2. The van der Waals surface area contributed by atoms with Crippen LogP contribution in [0.1, 0.15) is 13.8 Å². The van der Waals surface area contributed by atoms with Gasteiger partial charge in [-0.25, -0.2) is 4.99 Å². The summed E-state index contributed by atoms with van der Waals surface area (Å²) in [6.45, 7) is 3.91. The van der Waals surface area contributed by atoms with Gasteiger partial charge in [0, 0.05) is 5.92 Å². The molecule has 3 nitrogen and oxygen atoms in total. The number of phenols is 1. The predicted octanol–water partition coefficient (Wildman–Crippen LogP) is 2.04. The van der Waals surface area contributed by atoms with Crippen LogP contribution < -0.4 is 5.73 Å². The van der Waals surface area contributed by atoms with Crippen LogP contribution in [0.3, 0.4) is 0 Å². The van der Waals surface area contributed by atoms with Gasteiger partial charge in [-0.2, -0.15) is 0 Å². The maximum Gasteiger partial charge on any atom is 0.141 e. The van der Waals surface area contributed by atoms with Crippen molar-refractivity contribution in [2.45, 2.75) is 13.8 Å². The predicted molar refractivity (Wildman–Crippen MR) is 54.2 cm³/mol. The monoisotopic (exact) mass is 178 g/mol. The van der Waals surface area contributed by atoms with E-state index < -0.39 is 0 Å². The fourth-order valence-corrected chi connectivity index (χ4v) is 0.827. The zero-order valence-electron chi connectivity index (χ0n) is 7.86. The van der Waals surface area contributed by atoms with E-state index >= 15 is 0 Å². The minimum Gasteiger partial charge on any atom is -0.506 e. The molecule has 0 fully saturated rings. The van der Waals surface area contributed by atoms with E-state index in [1.807, 2.05) is 19.9 Å². The second-order valence-electron chi connectivity index (χ2n) is 3.18. The second kappa shape index (κ2) is 3.94. The normalized spacial score (nSPS) is 12.1. The Balaban J connectivity index is 2.97. The summed E-state index contributed by atoms with van der Waals surface area (Å²) in [4.78, 5) is 4.10. The van der Waals surface area contributed by atoms with Crippen LogP contribution in [-0.2, 0) is 0 Å². The lowest BCUT2D eigenvalue weighted by molar-refractivity contribution is 0.477. The third kappa shape index (κ3) is 2.47. The lowest BCUT2D eigenvalue weighted by atomic mass is 10.2. The first kappa shape index (κ1) is 9.58. The minimum absolute atomic E-state index is 0.158. The van der Waals surface area contributed by atoms with Crippen LogP contribution in [0.5, 0.6) is 5.75 Å². The number of benzene rings is 1. The van der Waals surface area contributed by atoms with Crippen molar-refractivity contribution < 1.29 is 5.11 Å². The first-order chi connectivity index (χ1) is 6.11. The van der Waals surface area contributed by atoms with Crippen molar-refractivity contribution in [2.24, 2.45) is 16.6 Å². The molecule has 0 aromatic heterocycles. The first-order valence-electron chi connectivity index (χ1n) is 4.23. The van der Waals surface area contributed by atoms with Gasteiger partial charge >= 0.3 is 0 Å². The number of aromatic hydroxyl groups is 1. The highest BCUT2D eigenvalue weighted by atomic mass is 16.3. The fourth-order valence-electron chi connectivity index (χ4n) is 0.827. The number of hydrogen-bond donors (Lipinski definition) is 2. The van der Waals surface area contributed by atoms with E-state index in [1.54, 1.807) is 18.2 Å². The molecule has 13 heavy (non-hydrogen) atoms. The molecule has 0 aliphatic rings. The SMILES string of the molecule is CC(C)C(N)=Nc1ccccc1O. The number of nitrogens with zero attached hydrogens (tertiary/aromatic N) is 1. The van der Waals surface area contributed by atoms with Crippen LogP contribution >= 0.6 is 0 Å².